The van der Waals surface area contributed by atoms with Crippen LogP contribution in [-0.4, -0.2) is 17.9 Å². The molecule has 1 atom stereocenters. The Hall–Kier alpha value is -3.60. The number of rotatable bonds is 9. The van der Waals surface area contributed by atoms with E-state index in [4.69, 9.17) is 4.74 Å². The number of anilines is 2. The maximum atomic E-state index is 12.6. The van der Waals surface area contributed by atoms with Gasteiger partial charge in [0.2, 0.25) is 5.91 Å². The Morgan fingerprint density at radius 1 is 0.871 bits per heavy atom. The zero-order valence-corrected chi connectivity index (χ0v) is 17.9. The molecule has 0 aliphatic carbocycles. The summed E-state index contributed by atoms with van der Waals surface area (Å²) in [5.74, 6) is 0.456. The van der Waals surface area contributed by atoms with Crippen molar-refractivity contribution in [3.63, 3.8) is 0 Å². The van der Waals surface area contributed by atoms with E-state index in [1.54, 1.807) is 48.5 Å². The fraction of sp³-hybridized carbons (Fsp3) is 0.231. The molecule has 0 aromatic heterocycles. The van der Waals surface area contributed by atoms with Crippen LogP contribution in [0.1, 0.15) is 42.6 Å². The normalized spacial score (nSPS) is 11.4. The van der Waals surface area contributed by atoms with Gasteiger partial charge in [0.25, 0.3) is 5.91 Å². The third-order valence-corrected chi connectivity index (χ3v) is 4.92. The molecule has 0 saturated carbocycles. The highest BCUT2D eigenvalue weighted by molar-refractivity contribution is 6.04. The van der Waals surface area contributed by atoms with Crippen LogP contribution in [0.3, 0.4) is 0 Å². The van der Waals surface area contributed by atoms with E-state index in [1.807, 2.05) is 37.3 Å². The van der Waals surface area contributed by atoms with Crippen molar-refractivity contribution in [2.45, 2.75) is 39.2 Å². The van der Waals surface area contributed by atoms with Crippen molar-refractivity contribution in [1.29, 1.82) is 0 Å². The maximum absolute atomic E-state index is 12.6. The first-order valence-corrected chi connectivity index (χ1v) is 10.6. The highest BCUT2D eigenvalue weighted by Crippen LogP contribution is 2.19. The predicted octanol–water partition coefficient (Wildman–Crippen LogP) is 5.69. The van der Waals surface area contributed by atoms with Crippen molar-refractivity contribution in [2.24, 2.45) is 0 Å². The molecule has 0 radical (unpaired) electrons. The Labute approximate surface area is 183 Å². The molecule has 5 heteroatoms. The van der Waals surface area contributed by atoms with Gasteiger partial charge in [-0.05, 0) is 67.8 Å². The minimum atomic E-state index is -0.220. The lowest BCUT2D eigenvalue weighted by molar-refractivity contribution is -0.116. The first kappa shape index (κ1) is 22.1. The zero-order chi connectivity index (χ0) is 22.1. The van der Waals surface area contributed by atoms with E-state index < -0.39 is 0 Å². The van der Waals surface area contributed by atoms with Gasteiger partial charge < -0.3 is 15.4 Å². The van der Waals surface area contributed by atoms with Gasteiger partial charge in [0.05, 0.1) is 6.10 Å². The molecule has 0 aliphatic heterocycles. The molecule has 3 aromatic carbocycles. The fourth-order valence-electron chi connectivity index (χ4n) is 3.00. The number of hydrogen-bond acceptors (Lipinski definition) is 3. The zero-order valence-electron chi connectivity index (χ0n) is 17.9. The van der Waals surface area contributed by atoms with Crippen LogP contribution in [-0.2, 0) is 11.2 Å². The molecule has 0 aliphatic rings. The number of nitrogens with one attached hydrogen (secondary N) is 2. The molecule has 0 spiro atoms. The summed E-state index contributed by atoms with van der Waals surface area (Å²) >= 11 is 0. The summed E-state index contributed by atoms with van der Waals surface area (Å²) in [6, 6.07) is 24.1. The summed E-state index contributed by atoms with van der Waals surface area (Å²) in [6.07, 6.45) is 2.12. The molecule has 160 valence electrons. The van der Waals surface area contributed by atoms with Crippen LogP contribution in [0.5, 0.6) is 5.75 Å². The van der Waals surface area contributed by atoms with Gasteiger partial charge in [-0.3, -0.25) is 9.59 Å². The molecule has 2 amide bonds. The van der Waals surface area contributed by atoms with Crippen LogP contribution in [0.4, 0.5) is 11.4 Å². The average Bonchev–Trinajstić information content (AvgIpc) is 2.79. The molecule has 0 saturated heterocycles. The number of hydrogen-bond donors (Lipinski definition) is 2. The van der Waals surface area contributed by atoms with Gasteiger partial charge in [-0.2, -0.15) is 0 Å². The summed E-state index contributed by atoms with van der Waals surface area (Å²) < 4.78 is 5.75. The van der Waals surface area contributed by atoms with Crippen LogP contribution in [0.25, 0.3) is 0 Å². The molecular weight excluding hydrogens is 388 g/mol. The van der Waals surface area contributed by atoms with Crippen molar-refractivity contribution >= 4 is 23.2 Å². The predicted molar refractivity (Wildman–Crippen MR) is 125 cm³/mol. The maximum Gasteiger partial charge on any atom is 0.255 e. The summed E-state index contributed by atoms with van der Waals surface area (Å²) in [6.45, 7) is 4.07. The second kappa shape index (κ2) is 11.0. The lowest BCUT2D eigenvalue weighted by atomic mass is 10.1. The second-order valence-electron chi connectivity index (χ2n) is 7.43. The van der Waals surface area contributed by atoms with Gasteiger partial charge in [-0.15, -0.1) is 0 Å². The van der Waals surface area contributed by atoms with E-state index in [9.17, 15) is 9.59 Å². The van der Waals surface area contributed by atoms with Crippen molar-refractivity contribution < 1.29 is 14.3 Å². The first-order valence-electron chi connectivity index (χ1n) is 10.6. The molecule has 1 unspecified atom stereocenters. The first-order chi connectivity index (χ1) is 15.0. The summed E-state index contributed by atoms with van der Waals surface area (Å²) in [5, 5.41) is 5.76. The second-order valence-corrected chi connectivity index (χ2v) is 7.43. The Balaban J connectivity index is 1.54. The van der Waals surface area contributed by atoms with E-state index in [0.29, 0.717) is 29.8 Å². The summed E-state index contributed by atoms with van der Waals surface area (Å²) in [7, 11) is 0. The van der Waals surface area contributed by atoms with Crippen molar-refractivity contribution in [2.75, 3.05) is 10.6 Å². The van der Waals surface area contributed by atoms with E-state index in [-0.39, 0.29) is 17.9 Å². The molecule has 2 N–H and O–H groups in total. The topological polar surface area (TPSA) is 67.4 Å². The highest BCUT2D eigenvalue weighted by Gasteiger charge is 2.09. The van der Waals surface area contributed by atoms with Gasteiger partial charge in [-0.1, -0.05) is 43.3 Å². The van der Waals surface area contributed by atoms with Crippen LogP contribution in [0.2, 0.25) is 0 Å². The van der Waals surface area contributed by atoms with Crippen LogP contribution in [0, 0.1) is 0 Å². The third-order valence-electron chi connectivity index (χ3n) is 4.92. The molecule has 31 heavy (non-hydrogen) atoms. The number of benzene rings is 3. The van der Waals surface area contributed by atoms with Crippen LogP contribution < -0.4 is 15.4 Å². The molecule has 0 heterocycles. The lowest BCUT2D eigenvalue weighted by Crippen LogP contribution is -2.14. The monoisotopic (exact) mass is 416 g/mol. The third kappa shape index (κ3) is 7.00. The van der Waals surface area contributed by atoms with Crippen molar-refractivity contribution in [3.05, 3.63) is 90.0 Å². The summed E-state index contributed by atoms with van der Waals surface area (Å²) in [5.41, 5.74) is 2.92. The summed E-state index contributed by atoms with van der Waals surface area (Å²) in [4.78, 5) is 24.8. The van der Waals surface area contributed by atoms with Gasteiger partial charge in [0, 0.05) is 23.4 Å². The van der Waals surface area contributed by atoms with E-state index in [0.717, 1.165) is 17.7 Å². The molecule has 5 nitrogen and oxygen atoms in total. The van der Waals surface area contributed by atoms with Crippen molar-refractivity contribution in [3.8, 4) is 5.75 Å². The lowest BCUT2D eigenvalue weighted by Gasteiger charge is -2.13. The molecule has 0 bridgehead atoms. The number of ether oxygens (including phenoxy) is 1. The SMILES string of the molecule is CCC(C)Oc1ccc(C(=O)Nc2cccc(NC(=O)CCc3ccccc3)c2)cc1. The fourth-order valence-corrected chi connectivity index (χ4v) is 3.00. The number of carbonyl (C=O) groups is 2. The number of amides is 2. The smallest absolute Gasteiger partial charge is 0.255 e. The van der Waals surface area contributed by atoms with Gasteiger partial charge >= 0.3 is 0 Å². The molecule has 0 fully saturated rings. The van der Waals surface area contributed by atoms with E-state index >= 15 is 0 Å². The van der Waals surface area contributed by atoms with E-state index in [2.05, 4.69) is 17.6 Å². The Kier molecular flexibility index (Phi) is 7.82. The minimum absolute atomic E-state index is 0.0655. The minimum Gasteiger partial charge on any atom is -0.491 e. The van der Waals surface area contributed by atoms with Gasteiger partial charge in [0.1, 0.15) is 5.75 Å². The number of carbonyl (C=O) groups excluding carboxylic acids is 2. The Bertz CT molecular complexity index is 1000. The molecular formula is C26H28N2O3. The van der Waals surface area contributed by atoms with Gasteiger partial charge in [-0.25, -0.2) is 0 Å². The number of aryl methyl sites for hydroxylation is 1. The molecule has 3 rings (SSSR count). The van der Waals surface area contributed by atoms with E-state index in [1.165, 1.54) is 0 Å². The molecule has 3 aromatic rings. The average molecular weight is 417 g/mol. The highest BCUT2D eigenvalue weighted by atomic mass is 16.5. The standard InChI is InChI=1S/C26H28N2O3/c1-3-19(2)31-24-15-13-21(14-16-24)26(30)28-23-11-7-10-22(18-23)27-25(29)17-12-20-8-5-4-6-9-20/h4-11,13-16,18-19H,3,12,17H2,1-2H3,(H,27,29)(H,28,30). The Morgan fingerprint density at radius 2 is 1.55 bits per heavy atom. The van der Waals surface area contributed by atoms with Gasteiger partial charge in [0.15, 0.2) is 0 Å². The van der Waals surface area contributed by atoms with Crippen LogP contribution >= 0.6 is 0 Å². The quantitative estimate of drug-likeness (QED) is 0.471. The van der Waals surface area contributed by atoms with Crippen LogP contribution in [0.15, 0.2) is 78.9 Å². The largest absolute Gasteiger partial charge is 0.491 e. The Morgan fingerprint density at radius 3 is 2.23 bits per heavy atom. The van der Waals surface area contributed by atoms with Crippen molar-refractivity contribution in [1.82, 2.24) is 0 Å².